The zero-order valence-corrected chi connectivity index (χ0v) is 4.72. The zero-order chi connectivity index (χ0) is 6.57. The molecular formula is C4H7NO3. The lowest BCUT2D eigenvalue weighted by atomic mass is 10.4. The molecule has 0 aliphatic heterocycles. The van der Waals surface area contributed by atoms with Crippen molar-refractivity contribution in [1.82, 2.24) is 5.48 Å². The molecule has 0 fully saturated rings. The standard InChI is InChI=1S/C4H7NO3/c1-3(6)4(7)5-8-2/h1-2H3,(H,5,7). The van der Waals surface area contributed by atoms with Crippen molar-refractivity contribution in [3.05, 3.63) is 0 Å². The normalized spacial score (nSPS) is 8.25. The van der Waals surface area contributed by atoms with Gasteiger partial charge in [-0.05, 0) is 0 Å². The largest absolute Gasteiger partial charge is 0.310 e. The summed E-state index contributed by atoms with van der Waals surface area (Å²) in [5.74, 6) is -1.29. The van der Waals surface area contributed by atoms with Gasteiger partial charge in [0.2, 0.25) is 5.78 Å². The van der Waals surface area contributed by atoms with Crippen molar-refractivity contribution in [2.24, 2.45) is 0 Å². The Hall–Kier alpha value is -0.900. The van der Waals surface area contributed by atoms with Gasteiger partial charge in [-0.1, -0.05) is 0 Å². The van der Waals surface area contributed by atoms with E-state index in [1.807, 2.05) is 5.48 Å². The highest BCUT2D eigenvalue weighted by Gasteiger charge is 2.03. The van der Waals surface area contributed by atoms with Gasteiger partial charge >= 0.3 is 5.91 Å². The second-order valence-electron chi connectivity index (χ2n) is 1.19. The van der Waals surface area contributed by atoms with Crippen LogP contribution < -0.4 is 5.48 Å². The van der Waals surface area contributed by atoms with E-state index >= 15 is 0 Å². The molecule has 4 nitrogen and oxygen atoms in total. The van der Waals surface area contributed by atoms with Crippen LogP contribution in [0, 0.1) is 0 Å². The van der Waals surface area contributed by atoms with Crippen LogP contribution in [-0.2, 0) is 14.4 Å². The fourth-order valence-corrected chi connectivity index (χ4v) is 0.165. The van der Waals surface area contributed by atoms with Crippen molar-refractivity contribution in [3.8, 4) is 0 Å². The number of ketones is 1. The summed E-state index contributed by atoms with van der Waals surface area (Å²) in [6, 6.07) is 0. The van der Waals surface area contributed by atoms with Gasteiger partial charge in [0.05, 0.1) is 7.11 Å². The van der Waals surface area contributed by atoms with E-state index in [-0.39, 0.29) is 0 Å². The molecule has 0 bridgehead atoms. The Kier molecular flexibility index (Phi) is 2.79. The summed E-state index contributed by atoms with van der Waals surface area (Å²) >= 11 is 0. The molecule has 0 aromatic carbocycles. The van der Waals surface area contributed by atoms with Crippen molar-refractivity contribution < 1.29 is 14.4 Å². The molecule has 0 radical (unpaired) electrons. The predicted molar refractivity (Wildman–Crippen MR) is 25.8 cm³/mol. The summed E-state index contributed by atoms with van der Waals surface area (Å²) in [5.41, 5.74) is 1.86. The lowest BCUT2D eigenvalue weighted by molar-refractivity contribution is -0.143. The minimum absolute atomic E-state index is 0.563. The highest BCUT2D eigenvalue weighted by molar-refractivity contribution is 6.34. The molecule has 0 aliphatic rings. The summed E-state index contributed by atoms with van der Waals surface area (Å²) < 4.78 is 0. The fourth-order valence-electron chi connectivity index (χ4n) is 0.165. The molecular weight excluding hydrogens is 110 g/mol. The molecule has 46 valence electrons. The minimum atomic E-state index is -0.729. The first kappa shape index (κ1) is 7.10. The van der Waals surface area contributed by atoms with Gasteiger partial charge in [-0.2, -0.15) is 0 Å². The molecule has 0 aromatic rings. The summed E-state index contributed by atoms with van der Waals surface area (Å²) in [4.78, 5) is 24.3. The number of hydrogen-bond donors (Lipinski definition) is 1. The first-order chi connectivity index (χ1) is 3.68. The number of Topliss-reactive ketones (excluding diaryl/α,β-unsaturated/α-hetero) is 1. The molecule has 1 N–H and O–H groups in total. The molecule has 0 rings (SSSR count). The van der Waals surface area contributed by atoms with Crippen LogP contribution in [0.4, 0.5) is 0 Å². The monoisotopic (exact) mass is 117 g/mol. The van der Waals surface area contributed by atoms with E-state index in [0.717, 1.165) is 6.92 Å². The van der Waals surface area contributed by atoms with Gasteiger partial charge in [0.25, 0.3) is 0 Å². The van der Waals surface area contributed by atoms with Gasteiger partial charge < -0.3 is 0 Å². The molecule has 0 aliphatic carbocycles. The van der Waals surface area contributed by atoms with E-state index in [2.05, 4.69) is 4.84 Å². The fraction of sp³-hybridized carbons (Fsp3) is 0.500. The van der Waals surface area contributed by atoms with Crippen LogP contribution in [0.2, 0.25) is 0 Å². The first-order valence-electron chi connectivity index (χ1n) is 2.02. The highest BCUT2D eigenvalue weighted by atomic mass is 16.6. The van der Waals surface area contributed by atoms with Gasteiger partial charge in [-0.3, -0.25) is 14.4 Å². The third-order valence-corrected chi connectivity index (χ3v) is 0.515. The molecule has 4 heteroatoms. The van der Waals surface area contributed by atoms with Crippen LogP contribution in [0.15, 0.2) is 0 Å². The number of nitrogens with one attached hydrogen (secondary N) is 1. The predicted octanol–water partition coefficient (Wildman–Crippen LogP) is -0.747. The maximum absolute atomic E-state index is 10.2. The molecule has 8 heavy (non-hydrogen) atoms. The molecule has 0 saturated carbocycles. The molecule has 1 amide bonds. The maximum atomic E-state index is 10.2. The average molecular weight is 117 g/mol. The lowest BCUT2D eigenvalue weighted by Crippen LogP contribution is -2.27. The van der Waals surface area contributed by atoms with E-state index in [4.69, 9.17) is 0 Å². The number of hydroxylamine groups is 1. The van der Waals surface area contributed by atoms with Gasteiger partial charge in [-0.15, -0.1) is 0 Å². The van der Waals surface area contributed by atoms with E-state index in [1.54, 1.807) is 0 Å². The Morgan fingerprint density at radius 1 is 1.50 bits per heavy atom. The van der Waals surface area contributed by atoms with Gasteiger partial charge in [0.15, 0.2) is 0 Å². The zero-order valence-electron chi connectivity index (χ0n) is 4.72. The molecule has 0 spiro atoms. The Balaban J connectivity index is 3.49. The maximum Gasteiger partial charge on any atom is 0.310 e. The second-order valence-corrected chi connectivity index (χ2v) is 1.19. The third kappa shape index (κ3) is 2.30. The SMILES string of the molecule is CONC(=O)C(C)=O. The molecule has 0 aromatic heterocycles. The Morgan fingerprint density at radius 2 is 2.00 bits per heavy atom. The Morgan fingerprint density at radius 3 is 2.12 bits per heavy atom. The smallest absolute Gasteiger partial charge is 0.289 e. The topological polar surface area (TPSA) is 55.4 Å². The molecule has 0 heterocycles. The van der Waals surface area contributed by atoms with Crippen LogP contribution in [0.5, 0.6) is 0 Å². The van der Waals surface area contributed by atoms with Gasteiger partial charge in [0, 0.05) is 6.92 Å². The van der Waals surface area contributed by atoms with E-state index < -0.39 is 11.7 Å². The number of rotatable bonds is 2. The summed E-state index contributed by atoms with van der Waals surface area (Å²) in [6.07, 6.45) is 0. The molecule has 0 atom stereocenters. The summed E-state index contributed by atoms with van der Waals surface area (Å²) in [5, 5.41) is 0. The van der Waals surface area contributed by atoms with Crippen molar-refractivity contribution in [1.29, 1.82) is 0 Å². The minimum Gasteiger partial charge on any atom is -0.289 e. The highest BCUT2D eigenvalue weighted by Crippen LogP contribution is 1.66. The van der Waals surface area contributed by atoms with Crippen LogP contribution in [-0.4, -0.2) is 18.8 Å². The lowest BCUT2D eigenvalue weighted by Gasteiger charge is -1.93. The second kappa shape index (κ2) is 3.15. The average Bonchev–Trinajstić information content (AvgIpc) is 1.67. The quantitative estimate of drug-likeness (QED) is 0.382. The van der Waals surface area contributed by atoms with Crippen molar-refractivity contribution in [2.75, 3.05) is 7.11 Å². The number of hydrogen-bond acceptors (Lipinski definition) is 3. The number of carbonyl (C=O) groups is 2. The van der Waals surface area contributed by atoms with E-state index in [1.165, 1.54) is 7.11 Å². The summed E-state index contributed by atoms with van der Waals surface area (Å²) in [7, 11) is 1.26. The molecule has 0 unspecified atom stereocenters. The summed E-state index contributed by atoms with van der Waals surface area (Å²) in [6.45, 7) is 1.16. The Bertz CT molecular complexity index is 110. The van der Waals surface area contributed by atoms with Crippen LogP contribution in [0.1, 0.15) is 6.92 Å². The van der Waals surface area contributed by atoms with Crippen molar-refractivity contribution in [2.45, 2.75) is 6.92 Å². The Labute approximate surface area is 46.8 Å². The number of amides is 1. The van der Waals surface area contributed by atoms with Crippen LogP contribution in [0.25, 0.3) is 0 Å². The van der Waals surface area contributed by atoms with E-state index in [0.29, 0.717) is 0 Å². The van der Waals surface area contributed by atoms with E-state index in [9.17, 15) is 9.59 Å². The van der Waals surface area contributed by atoms with Crippen molar-refractivity contribution in [3.63, 3.8) is 0 Å². The van der Waals surface area contributed by atoms with Crippen molar-refractivity contribution >= 4 is 11.7 Å². The third-order valence-electron chi connectivity index (χ3n) is 0.515. The van der Waals surface area contributed by atoms with Crippen LogP contribution >= 0.6 is 0 Å². The van der Waals surface area contributed by atoms with Gasteiger partial charge in [0.1, 0.15) is 0 Å². The van der Waals surface area contributed by atoms with Crippen LogP contribution in [0.3, 0.4) is 0 Å². The van der Waals surface area contributed by atoms with Gasteiger partial charge in [-0.25, -0.2) is 5.48 Å². The number of carbonyl (C=O) groups excluding carboxylic acids is 2. The molecule has 0 saturated heterocycles. The first-order valence-corrected chi connectivity index (χ1v) is 2.02.